The maximum Gasteiger partial charge on any atom is 0.338 e. The lowest BCUT2D eigenvalue weighted by Gasteiger charge is -2.21. The molecular formula is C37H35ClN6O5. The van der Waals surface area contributed by atoms with Crippen molar-refractivity contribution >= 4 is 46.6 Å². The molecule has 250 valence electrons. The van der Waals surface area contributed by atoms with E-state index in [9.17, 15) is 19.2 Å². The number of hydrogen-bond acceptors (Lipinski definition) is 7. The number of benzene rings is 3. The molecule has 2 heterocycles. The number of halogens is 1. The Hall–Kier alpha value is -5.55. The summed E-state index contributed by atoms with van der Waals surface area (Å²) in [6.07, 6.45) is 2.54. The molecule has 0 spiro atoms. The largest absolute Gasteiger partial charge is 0.456 e. The van der Waals surface area contributed by atoms with E-state index in [2.05, 4.69) is 26.0 Å². The predicted octanol–water partition coefficient (Wildman–Crippen LogP) is 6.25. The number of nitrogens with zero attached hydrogens (tertiary/aromatic N) is 3. The average Bonchev–Trinajstić information content (AvgIpc) is 3.69. The number of nitrogens with one attached hydrogen (secondary N) is 3. The summed E-state index contributed by atoms with van der Waals surface area (Å²) in [5.74, 6) is -2.01. The van der Waals surface area contributed by atoms with Crippen LogP contribution in [0.5, 0.6) is 0 Å². The SMILES string of the molecule is Cc1c(C(=O)OC(C)(C)C)ccc2c1CC[C@@H]2NC(=O)c1cc(C(=O)NCc2ccccc2)nc2c(C(=O)Nc3ccccc3Cl)cnn12. The van der Waals surface area contributed by atoms with Crippen LogP contribution in [0.1, 0.15) is 97.2 Å². The molecule has 12 heteroatoms. The Balaban J connectivity index is 1.32. The summed E-state index contributed by atoms with van der Waals surface area (Å²) in [6.45, 7) is 7.58. The minimum Gasteiger partial charge on any atom is -0.456 e. The van der Waals surface area contributed by atoms with Crippen LogP contribution in [0.2, 0.25) is 5.02 Å². The number of anilines is 1. The molecule has 3 amide bonds. The van der Waals surface area contributed by atoms with E-state index in [4.69, 9.17) is 16.3 Å². The third-order valence-electron chi connectivity index (χ3n) is 8.22. The molecule has 1 atom stereocenters. The molecule has 1 aliphatic carbocycles. The molecular weight excluding hydrogens is 644 g/mol. The van der Waals surface area contributed by atoms with Gasteiger partial charge in [-0.3, -0.25) is 14.4 Å². The van der Waals surface area contributed by atoms with E-state index < -0.39 is 29.3 Å². The first-order valence-electron chi connectivity index (χ1n) is 15.8. The third-order valence-corrected chi connectivity index (χ3v) is 8.55. The normalized spacial score (nSPS) is 13.9. The molecule has 6 rings (SSSR count). The second kappa shape index (κ2) is 13.5. The highest BCUT2D eigenvalue weighted by Crippen LogP contribution is 2.35. The molecule has 0 saturated heterocycles. The topological polar surface area (TPSA) is 144 Å². The zero-order chi connectivity index (χ0) is 34.9. The van der Waals surface area contributed by atoms with E-state index in [1.54, 1.807) is 30.3 Å². The summed E-state index contributed by atoms with van der Waals surface area (Å²) in [7, 11) is 0. The van der Waals surface area contributed by atoms with Crippen molar-refractivity contribution in [2.24, 2.45) is 0 Å². The van der Waals surface area contributed by atoms with Gasteiger partial charge in [-0.25, -0.2) is 14.3 Å². The van der Waals surface area contributed by atoms with Crippen molar-refractivity contribution < 1.29 is 23.9 Å². The van der Waals surface area contributed by atoms with Gasteiger partial charge in [-0.2, -0.15) is 5.10 Å². The van der Waals surface area contributed by atoms with Crippen LogP contribution in [0, 0.1) is 6.92 Å². The molecule has 0 aliphatic heterocycles. The Labute approximate surface area is 288 Å². The number of carbonyl (C=O) groups excluding carboxylic acids is 4. The fourth-order valence-electron chi connectivity index (χ4n) is 5.84. The molecule has 0 saturated carbocycles. The molecule has 5 aromatic rings. The summed E-state index contributed by atoms with van der Waals surface area (Å²) in [5, 5.41) is 13.3. The minimum absolute atomic E-state index is 0.0159. The fourth-order valence-corrected chi connectivity index (χ4v) is 6.02. The highest BCUT2D eigenvalue weighted by Gasteiger charge is 2.30. The lowest BCUT2D eigenvalue weighted by molar-refractivity contribution is 0.00682. The van der Waals surface area contributed by atoms with Crippen LogP contribution < -0.4 is 16.0 Å². The number of fused-ring (bicyclic) bond motifs is 2. The Kier molecular flexibility index (Phi) is 9.20. The molecule has 49 heavy (non-hydrogen) atoms. The second-order valence-electron chi connectivity index (χ2n) is 12.8. The van der Waals surface area contributed by atoms with Gasteiger partial charge < -0.3 is 20.7 Å². The van der Waals surface area contributed by atoms with Gasteiger partial charge in [-0.05, 0) is 81.0 Å². The lowest BCUT2D eigenvalue weighted by Crippen LogP contribution is -2.31. The van der Waals surface area contributed by atoms with Crippen molar-refractivity contribution in [1.29, 1.82) is 0 Å². The quantitative estimate of drug-likeness (QED) is 0.165. The Morgan fingerprint density at radius 1 is 0.939 bits per heavy atom. The molecule has 0 bridgehead atoms. The first-order chi connectivity index (χ1) is 23.4. The molecule has 1 aliphatic rings. The Morgan fingerprint density at radius 2 is 1.67 bits per heavy atom. The van der Waals surface area contributed by atoms with Crippen LogP contribution in [0.4, 0.5) is 5.69 Å². The Morgan fingerprint density at radius 3 is 2.41 bits per heavy atom. The second-order valence-corrected chi connectivity index (χ2v) is 13.2. The summed E-state index contributed by atoms with van der Waals surface area (Å²) in [4.78, 5) is 58.1. The van der Waals surface area contributed by atoms with Gasteiger partial charge >= 0.3 is 5.97 Å². The molecule has 0 fully saturated rings. The smallest absolute Gasteiger partial charge is 0.338 e. The standard InChI is InChI=1S/C37H35ClN6O5/c1-21-23-16-17-28(25(23)15-14-24(21)36(48)49-37(2,3)4)42-35(47)31-18-30(34(46)39-19-22-10-6-5-7-11-22)41-32-26(20-40-44(31)32)33(45)43-29-13-9-8-12-27(29)38/h5-15,18,20,28H,16-17,19H2,1-4H3,(H,39,46)(H,42,47)(H,43,45)/t28-/m0/s1. The van der Waals surface area contributed by atoms with Gasteiger partial charge in [0.15, 0.2) is 5.65 Å². The summed E-state index contributed by atoms with van der Waals surface area (Å²) in [6, 6.07) is 20.7. The van der Waals surface area contributed by atoms with Gasteiger partial charge in [-0.1, -0.05) is 60.1 Å². The maximum atomic E-state index is 14.0. The van der Waals surface area contributed by atoms with E-state index in [1.165, 1.54) is 16.8 Å². The van der Waals surface area contributed by atoms with E-state index in [1.807, 2.05) is 64.1 Å². The van der Waals surface area contributed by atoms with Crippen molar-refractivity contribution in [2.75, 3.05) is 5.32 Å². The van der Waals surface area contributed by atoms with Gasteiger partial charge in [0.1, 0.15) is 22.6 Å². The average molecular weight is 679 g/mol. The van der Waals surface area contributed by atoms with Crippen molar-refractivity contribution in [3.63, 3.8) is 0 Å². The molecule has 0 radical (unpaired) electrons. The van der Waals surface area contributed by atoms with E-state index in [-0.39, 0.29) is 35.2 Å². The molecule has 11 nitrogen and oxygen atoms in total. The molecule has 2 aromatic heterocycles. The van der Waals surface area contributed by atoms with Crippen LogP contribution in [-0.2, 0) is 17.7 Å². The van der Waals surface area contributed by atoms with Gasteiger partial charge in [0, 0.05) is 12.6 Å². The first-order valence-corrected chi connectivity index (χ1v) is 16.2. The van der Waals surface area contributed by atoms with Crippen LogP contribution >= 0.6 is 11.6 Å². The number of rotatable bonds is 8. The van der Waals surface area contributed by atoms with E-state index in [0.717, 1.165) is 22.3 Å². The molecule has 3 aromatic carbocycles. The zero-order valence-electron chi connectivity index (χ0n) is 27.5. The first kappa shape index (κ1) is 33.4. The third kappa shape index (κ3) is 7.17. The number of aromatic nitrogens is 3. The van der Waals surface area contributed by atoms with Crippen LogP contribution in [-0.4, -0.2) is 43.9 Å². The van der Waals surface area contributed by atoms with E-state index >= 15 is 0 Å². The van der Waals surface area contributed by atoms with E-state index in [0.29, 0.717) is 29.1 Å². The molecule has 3 N–H and O–H groups in total. The number of hydrogen-bond donors (Lipinski definition) is 3. The maximum absolute atomic E-state index is 14.0. The van der Waals surface area contributed by atoms with Gasteiger partial charge in [0.2, 0.25) is 0 Å². The lowest BCUT2D eigenvalue weighted by atomic mass is 9.97. The Bertz CT molecular complexity index is 2100. The van der Waals surface area contributed by atoms with Gasteiger partial charge in [-0.15, -0.1) is 0 Å². The summed E-state index contributed by atoms with van der Waals surface area (Å²) < 4.78 is 6.84. The predicted molar refractivity (Wildman–Crippen MR) is 185 cm³/mol. The van der Waals surface area contributed by atoms with Crippen molar-refractivity contribution in [1.82, 2.24) is 25.2 Å². The number of esters is 1. The summed E-state index contributed by atoms with van der Waals surface area (Å²) in [5.41, 5.74) is 3.82. The van der Waals surface area contributed by atoms with Crippen LogP contribution in [0.3, 0.4) is 0 Å². The number of para-hydroxylation sites is 1. The highest BCUT2D eigenvalue weighted by molar-refractivity contribution is 6.34. The highest BCUT2D eigenvalue weighted by atomic mass is 35.5. The number of ether oxygens (including phenoxy) is 1. The van der Waals surface area contributed by atoms with Crippen molar-refractivity contribution in [2.45, 2.75) is 58.7 Å². The zero-order valence-corrected chi connectivity index (χ0v) is 28.2. The molecule has 0 unspecified atom stereocenters. The van der Waals surface area contributed by atoms with Crippen molar-refractivity contribution in [3.8, 4) is 0 Å². The fraction of sp³-hybridized carbons (Fsp3) is 0.243. The number of amides is 3. The van der Waals surface area contributed by atoms with Gasteiger partial charge in [0.05, 0.1) is 28.5 Å². The minimum atomic E-state index is -0.631. The monoisotopic (exact) mass is 678 g/mol. The van der Waals surface area contributed by atoms with Gasteiger partial charge in [0.25, 0.3) is 17.7 Å². The van der Waals surface area contributed by atoms with Crippen molar-refractivity contribution in [3.05, 3.63) is 129 Å². The summed E-state index contributed by atoms with van der Waals surface area (Å²) >= 11 is 6.26. The van der Waals surface area contributed by atoms with Crippen LogP contribution in [0.15, 0.2) is 79.0 Å². The number of carbonyl (C=O) groups is 4. The van der Waals surface area contributed by atoms with Crippen LogP contribution in [0.25, 0.3) is 5.65 Å².